The first kappa shape index (κ1) is 11.9. The van der Waals surface area contributed by atoms with Crippen LogP contribution < -0.4 is 5.73 Å². The van der Waals surface area contributed by atoms with Crippen molar-refractivity contribution in [2.75, 3.05) is 12.3 Å². The number of hydrogen-bond donors (Lipinski definition) is 1. The van der Waals surface area contributed by atoms with Crippen molar-refractivity contribution in [1.29, 1.82) is 0 Å². The summed E-state index contributed by atoms with van der Waals surface area (Å²) in [6.07, 6.45) is 5.10. The molecule has 0 bridgehead atoms. The van der Waals surface area contributed by atoms with Crippen LogP contribution in [0.5, 0.6) is 0 Å². The Morgan fingerprint density at radius 2 is 2.29 bits per heavy atom. The number of pyridine rings is 1. The van der Waals surface area contributed by atoms with Gasteiger partial charge in [0.2, 0.25) is 5.91 Å². The number of aryl methyl sites for hydroxylation is 1. The highest BCUT2D eigenvalue weighted by molar-refractivity contribution is 5.74. The monoisotopic (exact) mass is 233 g/mol. The second-order valence-electron chi connectivity index (χ2n) is 4.69. The zero-order valence-corrected chi connectivity index (χ0v) is 10.4. The summed E-state index contributed by atoms with van der Waals surface area (Å²) in [5.74, 6) is 0.683. The van der Waals surface area contributed by atoms with E-state index in [9.17, 15) is 4.79 Å². The quantitative estimate of drug-likeness (QED) is 0.807. The Morgan fingerprint density at radius 3 is 2.94 bits per heavy atom. The summed E-state index contributed by atoms with van der Waals surface area (Å²) in [5.41, 5.74) is 7.91. The highest BCUT2D eigenvalue weighted by Gasteiger charge is 2.27. The van der Waals surface area contributed by atoms with Crippen molar-refractivity contribution in [3.8, 4) is 0 Å². The summed E-state index contributed by atoms with van der Waals surface area (Å²) in [4.78, 5) is 17.7. The van der Waals surface area contributed by atoms with Gasteiger partial charge in [-0.25, -0.2) is 4.98 Å². The van der Waals surface area contributed by atoms with Gasteiger partial charge in [0.1, 0.15) is 5.82 Å². The number of nitrogen functional groups attached to an aromatic ring is 1. The molecule has 0 unspecified atom stereocenters. The van der Waals surface area contributed by atoms with E-state index < -0.39 is 0 Å². The average molecular weight is 233 g/mol. The zero-order valence-electron chi connectivity index (χ0n) is 10.4. The number of hydrogen-bond acceptors (Lipinski definition) is 3. The standard InChI is InChI=1S/C13H19N3O/c1-9-7-13(14)15-8-11(9)12-5-3-4-6-16(12)10(2)17/h7-8,12H,3-6H2,1-2H3,(H2,14,15)/t12-/m1/s1. The van der Waals surface area contributed by atoms with Crippen LogP contribution in [0.25, 0.3) is 0 Å². The maximum atomic E-state index is 11.6. The number of nitrogens with two attached hydrogens (primary N) is 1. The third-order valence-electron chi connectivity index (χ3n) is 3.44. The van der Waals surface area contributed by atoms with Crippen LogP contribution in [0.15, 0.2) is 12.3 Å². The molecule has 1 atom stereocenters. The Hall–Kier alpha value is -1.58. The predicted octanol–water partition coefficient (Wildman–Crippen LogP) is 2.05. The van der Waals surface area contributed by atoms with Crippen LogP contribution in [0.3, 0.4) is 0 Å². The summed E-state index contributed by atoms with van der Waals surface area (Å²) in [6, 6.07) is 2.05. The van der Waals surface area contributed by atoms with Gasteiger partial charge in [-0.3, -0.25) is 4.79 Å². The van der Waals surface area contributed by atoms with Crippen LogP contribution in [-0.4, -0.2) is 22.3 Å². The Morgan fingerprint density at radius 1 is 1.53 bits per heavy atom. The molecular formula is C13H19N3O. The highest BCUT2D eigenvalue weighted by atomic mass is 16.2. The number of rotatable bonds is 1. The van der Waals surface area contributed by atoms with E-state index in [0.29, 0.717) is 5.82 Å². The van der Waals surface area contributed by atoms with Gasteiger partial charge in [0, 0.05) is 19.7 Å². The molecule has 2 heterocycles. The molecule has 92 valence electrons. The van der Waals surface area contributed by atoms with Crippen LogP contribution in [0.2, 0.25) is 0 Å². The summed E-state index contributed by atoms with van der Waals surface area (Å²) >= 11 is 0. The van der Waals surface area contributed by atoms with E-state index >= 15 is 0 Å². The number of nitrogens with zero attached hydrogens (tertiary/aromatic N) is 2. The Bertz CT molecular complexity index is 431. The molecule has 1 aromatic heterocycles. The summed E-state index contributed by atoms with van der Waals surface area (Å²) < 4.78 is 0. The van der Waals surface area contributed by atoms with Crippen molar-refractivity contribution in [2.45, 2.75) is 39.2 Å². The SMILES string of the molecule is CC(=O)N1CCCC[C@@H]1c1cnc(N)cc1C. The molecule has 4 heteroatoms. The van der Waals surface area contributed by atoms with E-state index in [0.717, 1.165) is 36.9 Å². The normalized spacial score (nSPS) is 20.4. The molecule has 0 spiro atoms. The first-order chi connectivity index (χ1) is 8.09. The van der Waals surface area contributed by atoms with E-state index in [1.165, 1.54) is 0 Å². The fraction of sp³-hybridized carbons (Fsp3) is 0.538. The molecule has 2 rings (SSSR count). The van der Waals surface area contributed by atoms with Gasteiger partial charge >= 0.3 is 0 Å². The Kier molecular flexibility index (Phi) is 3.31. The van der Waals surface area contributed by atoms with Gasteiger partial charge in [0.25, 0.3) is 0 Å². The number of likely N-dealkylation sites (tertiary alicyclic amines) is 1. The maximum Gasteiger partial charge on any atom is 0.219 e. The predicted molar refractivity (Wildman–Crippen MR) is 67.4 cm³/mol. The first-order valence-electron chi connectivity index (χ1n) is 6.09. The van der Waals surface area contributed by atoms with Crippen molar-refractivity contribution >= 4 is 11.7 Å². The van der Waals surface area contributed by atoms with Crippen LogP contribution in [-0.2, 0) is 4.79 Å². The zero-order chi connectivity index (χ0) is 12.4. The van der Waals surface area contributed by atoms with Gasteiger partial charge in [-0.1, -0.05) is 0 Å². The molecule has 1 aromatic rings. The molecule has 1 aliphatic rings. The lowest BCUT2D eigenvalue weighted by Gasteiger charge is -2.36. The second-order valence-corrected chi connectivity index (χ2v) is 4.69. The van der Waals surface area contributed by atoms with Crippen molar-refractivity contribution in [3.63, 3.8) is 0 Å². The minimum Gasteiger partial charge on any atom is -0.384 e. The number of aromatic nitrogens is 1. The van der Waals surface area contributed by atoms with E-state index in [1.54, 1.807) is 6.92 Å². The summed E-state index contributed by atoms with van der Waals surface area (Å²) in [5, 5.41) is 0. The molecular weight excluding hydrogens is 214 g/mol. The maximum absolute atomic E-state index is 11.6. The fourth-order valence-electron chi connectivity index (χ4n) is 2.57. The number of anilines is 1. The minimum absolute atomic E-state index is 0.144. The van der Waals surface area contributed by atoms with E-state index in [1.807, 2.05) is 24.1 Å². The van der Waals surface area contributed by atoms with Gasteiger partial charge in [-0.05, 0) is 43.4 Å². The molecule has 1 fully saturated rings. The molecule has 0 saturated carbocycles. The third-order valence-corrected chi connectivity index (χ3v) is 3.44. The topological polar surface area (TPSA) is 59.2 Å². The van der Waals surface area contributed by atoms with Crippen molar-refractivity contribution in [2.24, 2.45) is 0 Å². The summed E-state index contributed by atoms with van der Waals surface area (Å²) in [6.45, 7) is 4.52. The molecule has 1 amide bonds. The lowest BCUT2D eigenvalue weighted by molar-refractivity contribution is -0.132. The second kappa shape index (κ2) is 4.73. The van der Waals surface area contributed by atoms with E-state index in [-0.39, 0.29) is 11.9 Å². The van der Waals surface area contributed by atoms with Crippen molar-refractivity contribution in [3.05, 3.63) is 23.4 Å². The van der Waals surface area contributed by atoms with E-state index in [2.05, 4.69) is 4.98 Å². The number of amides is 1. The highest BCUT2D eigenvalue weighted by Crippen LogP contribution is 2.32. The number of carbonyl (C=O) groups excluding carboxylic acids is 1. The minimum atomic E-state index is 0.144. The van der Waals surface area contributed by atoms with Gasteiger partial charge in [-0.2, -0.15) is 0 Å². The van der Waals surface area contributed by atoms with Crippen LogP contribution in [0, 0.1) is 6.92 Å². The molecule has 0 aliphatic carbocycles. The third kappa shape index (κ3) is 2.40. The Labute approximate surface area is 102 Å². The van der Waals surface area contributed by atoms with Gasteiger partial charge < -0.3 is 10.6 Å². The van der Waals surface area contributed by atoms with Gasteiger partial charge in [0.15, 0.2) is 0 Å². The van der Waals surface area contributed by atoms with Crippen molar-refractivity contribution in [1.82, 2.24) is 9.88 Å². The lowest BCUT2D eigenvalue weighted by atomic mass is 9.93. The van der Waals surface area contributed by atoms with Gasteiger partial charge in [0.05, 0.1) is 6.04 Å². The van der Waals surface area contributed by atoms with Crippen LogP contribution in [0.4, 0.5) is 5.82 Å². The molecule has 17 heavy (non-hydrogen) atoms. The smallest absolute Gasteiger partial charge is 0.219 e. The van der Waals surface area contributed by atoms with Crippen molar-refractivity contribution < 1.29 is 4.79 Å². The first-order valence-corrected chi connectivity index (χ1v) is 6.09. The molecule has 0 radical (unpaired) electrons. The number of carbonyl (C=O) groups is 1. The summed E-state index contributed by atoms with van der Waals surface area (Å²) in [7, 11) is 0. The average Bonchev–Trinajstić information content (AvgIpc) is 2.29. The lowest BCUT2D eigenvalue weighted by Crippen LogP contribution is -2.37. The molecule has 4 nitrogen and oxygen atoms in total. The van der Waals surface area contributed by atoms with Crippen LogP contribution >= 0.6 is 0 Å². The molecule has 0 aromatic carbocycles. The van der Waals surface area contributed by atoms with E-state index in [4.69, 9.17) is 5.73 Å². The largest absolute Gasteiger partial charge is 0.384 e. The van der Waals surface area contributed by atoms with Gasteiger partial charge in [-0.15, -0.1) is 0 Å². The fourth-order valence-corrected chi connectivity index (χ4v) is 2.57. The molecule has 1 saturated heterocycles. The Balaban J connectivity index is 2.32. The number of piperidine rings is 1. The molecule has 2 N–H and O–H groups in total. The van der Waals surface area contributed by atoms with Crippen LogP contribution in [0.1, 0.15) is 43.4 Å². The molecule has 1 aliphatic heterocycles.